The second-order valence-corrected chi connectivity index (χ2v) is 6.16. The summed E-state index contributed by atoms with van der Waals surface area (Å²) in [6.45, 7) is 4.24. The molecule has 1 unspecified atom stereocenters. The van der Waals surface area contributed by atoms with Gasteiger partial charge in [-0.05, 0) is 61.7 Å². The Balaban J connectivity index is 0.00000288. The first-order chi connectivity index (χ1) is 11.2. The van der Waals surface area contributed by atoms with Crippen molar-refractivity contribution >= 4 is 36.4 Å². The molecule has 2 aromatic carbocycles. The lowest BCUT2D eigenvalue weighted by Gasteiger charge is -2.14. The van der Waals surface area contributed by atoms with Crippen LogP contribution in [0.5, 0.6) is 5.75 Å². The topological polar surface area (TPSA) is 47.3 Å². The third kappa shape index (κ3) is 9.34. The van der Waals surface area contributed by atoms with E-state index >= 15 is 0 Å². The highest BCUT2D eigenvalue weighted by Crippen LogP contribution is 2.14. The summed E-state index contributed by atoms with van der Waals surface area (Å²) >= 11 is 6.00. The van der Waals surface area contributed by atoms with Crippen LogP contribution in [0.25, 0.3) is 0 Å². The molecule has 0 fully saturated rings. The third-order valence-corrected chi connectivity index (χ3v) is 3.88. The molecule has 2 aromatic rings. The highest BCUT2D eigenvalue weighted by molar-refractivity contribution is 6.30. The Morgan fingerprint density at radius 3 is 2.44 bits per heavy atom. The number of nitrogens with two attached hydrogens (primary N) is 1. The van der Waals surface area contributed by atoms with E-state index in [1.807, 2.05) is 30.3 Å². The average molecular weight is 406 g/mol. The lowest BCUT2D eigenvalue weighted by molar-refractivity contribution is 0.328. The van der Waals surface area contributed by atoms with Gasteiger partial charge in [-0.3, -0.25) is 0 Å². The van der Waals surface area contributed by atoms with Crippen molar-refractivity contribution in [2.45, 2.75) is 25.8 Å². The minimum Gasteiger partial charge on any atom is -0.492 e. The van der Waals surface area contributed by atoms with Crippen LogP contribution in [-0.4, -0.2) is 25.7 Å². The molecule has 0 amide bonds. The molecular formula is C19H27Cl3N2O. The number of benzene rings is 2. The summed E-state index contributed by atoms with van der Waals surface area (Å²) in [5.74, 6) is 0.876. The molecule has 0 aliphatic rings. The smallest absolute Gasteiger partial charge is 0.119 e. The summed E-state index contributed by atoms with van der Waals surface area (Å²) in [4.78, 5) is 0. The predicted molar refractivity (Wildman–Crippen MR) is 112 cm³/mol. The Hall–Kier alpha value is -0.970. The van der Waals surface area contributed by atoms with E-state index in [4.69, 9.17) is 22.1 Å². The number of halogens is 3. The number of nitrogens with one attached hydrogen (secondary N) is 1. The van der Waals surface area contributed by atoms with Gasteiger partial charge in [-0.1, -0.05) is 35.9 Å². The second-order valence-electron chi connectivity index (χ2n) is 5.72. The fourth-order valence-electron chi connectivity index (χ4n) is 2.48. The molecule has 0 radical (unpaired) electrons. The molecular weight excluding hydrogens is 379 g/mol. The lowest BCUT2D eigenvalue weighted by Crippen LogP contribution is -2.29. The van der Waals surface area contributed by atoms with E-state index in [-0.39, 0.29) is 24.8 Å². The van der Waals surface area contributed by atoms with Crippen LogP contribution in [0.2, 0.25) is 5.02 Å². The summed E-state index contributed by atoms with van der Waals surface area (Å²) < 4.78 is 5.49. The van der Waals surface area contributed by atoms with Crippen molar-refractivity contribution in [1.82, 2.24) is 5.32 Å². The molecule has 2 rings (SSSR count). The summed E-state index contributed by atoms with van der Waals surface area (Å²) in [6.07, 6.45) is 1.98. The molecule has 140 valence electrons. The van der Waals surface area contributed by atoms with Crippen LogP contribution < -0.4 is 15.8 Å². The van der Waals surface area contributed by atoms with Gasteiger partial charge in [0, 0.05) is 17.6 Å². The minimum atomic E-state index is 0. The van der Waals surface area contributed by atoms with E-state index in [2.05, 4.69) is 30.4 Å². The van der Waals surface area contributed by atoms with Crippen LogP contribution in [0.4, 0.5) is 0 Å². The molecule has 3 N–H and O–H groups in total. The zero-order chi connectivity index (χ0) is 16.5. The van der Waals surface area contributed by atoms with Crippen LogP contribution in [0.3, 0.4) is 0 Å². The maximum atomic E-state index is 6.00. The predicted octanol–water partition coefficient (Wildman–Crippen LogP) is 4.28. The van der Waals surface area contributed by atoms with E-state index in [1.54, 1.807) is 0 Å². The highest BCUT2D eigenvalue weighted by Gasteiger charge is 2.04. The molecule has 3 nitrogen and oxygen atoms in total. The highest BCUT2D eigenvalue weighted by atomic mass is 35.5. The van der Waals surface area contributed by atoms with Gasteiger partial charge < -0.3 is 15.8 Å². The van der Waals surface area contributed by atoms with Gasteiger partial charge in [0.2, 0.25) is 0 Å². The van der Waals surface area contributed by atoms with Crippen LogP contribution in [0.15, 0.2) is 48.5 Å². The molecule has 0 spiro atoms. The van der Waals surface area contributed by atoms with Crippen molar-refractivity contribution in [3.05, 3.63) is 64.7 Å². The maximum absolute atomic E-state index is 6.00. The van der Waals surface area contributed by atoms with E-state index < -0.39 is 0 Å². The van der Waals surface area contributed by atoms with E-state index in [0.29, 0.717) is 19.2 Å². The number of rotatable bonds is 9. The van der Waals surface area contributed by atoms with Gasteiger partial charge in [0.1, 0.15) is 12.4 Å². The van der Waals surface area contributed by atoms with Gasteiger partial charge in [-0.15, -0.1) is 24.8 Å². The molecule has 0 aliphatic heterocycles. The maximum Gasteiger partial charge on any atom is 0.119 e. The average Bonchev–Trinajstić information content (AvgIpc) is 2.54. The Morgan fingerprint density at radius 2 is 1.80 bits per heavy atom. The largest absolute Gasteiger partial charge is 0.492 e. The van der Waals surface area contributed by atoms with Gasteiger partial charge in [0.15, 0.2) is 0 Å². The van der Waals surface area contributed by atoms with Crippen molar-refractivity contribution in [3.8, 4) is 5.75 Å². The number of hydrogen-bond donors (Lipinski definition) is 2. The van der Waals surface area contributed by atoms with Gasteiger partial charge in [-0.25, -0.2) is 0 Å². The summed E-state index contributed by atoms with van der Waals surface area (Å²) in [7, 11) is 0. The quantitative estimate of drug-likeness (QED) is 0.654. The van der Waals surface area contributed by atoms with Crippen LogP contribution in [-0.2, 0) is 12.8 Å². The fourth-order valence-corrected chi connectivity index (χ4v) is 2.69. The Bertz CT molecular complexity index is 593. The molecule has 0 aromatic heterocycles. The number of ether oxygens (including phenoxy) is 1. The van der Waals surface area contributed by atoms with Crippen molar-refractivity contribution in [3.63, 3.8) is 0 Å². The molecule has 1 atom stereocenters. The second kappa shape index (κ2) is 13.3. The number of hydrogen-bond acceptors (Lipinski definition) is 3. The van der Waals surface area contributed by atoms with Crippen molar-refractivity contribution < 1.29 is 4.74 Å². The van der Waals surface area contributed by atoms with E-state index in [1.165, 1.54) is 11.1 Å². The SMILES string of the molecule is CC(Cc1ccc(OCCN)cc1)NCCc1cccc(Cl)c1.Cl.Cl. The molecule has 0 heterocycles. The Morgan fingerprint density at radius 1 is 1.08 bits per heavy atom. The Kier molecular flexibility index (Phi) is 12.7. The normalized spacial score (nSPS) is 11.2. The van der Waals surface area contributed by atoms with Crippen LogP contribution >= 0.6 is 36.4 Å². The van der Waals surface area contributed by atoms with Crippen molar-refractivity contribution in [2.24, 2.45) is 5.73 Å². The summed E-state index contributed by atoms with van der Waals surface area (Å²) in [5.41, 5.74) is 7.99. The fraction of sp³-hybridized carbons (Fsp3) is 0.368. The molecule has 0 bridgehead atoms. The lowest BCUT2D eigenvalue weighted by atomic mass is 10.1. The molecule has 6 heteroatoms. The van der Waals surface area contributed by atoms with Gasteiger partial charge in [0.05, 0.1) is 0 Å². The first-order valence-electron chi connectivity index (χ1n) is 8.07. The minimum absolute atomic E-state index is 0. The zero-order valence-corrected chi connectivity index (χ0v) is 16.8. The van der Waals surface area contributed by atoms with Gasteiger partial charge in [0.25, 0.3) is 0 Å². The molecule has 25 heavy (non-hydrogen) atoms. The zero-order valence-electron chi connectivity index (χ0n) is 14.4. The van der Waals surface area contributed by atoms with Gasteiger partial charge >= 0.3 is 0 Å². The standard InChI is InChI=1S/C19H25ClN2O.2ClH/c1-15(22-11-9-16-3-2-4-18(20)14-16)13-17-5-7-19(8-6-17)23-12-10-21;;/h2-8,14-15,22H,9-13,21H2,1H3;2*1H. The van der Waals surface area contributed by atoms with Crippen LogP contribution in [0.1, 0.15) is 18.1 Å². The van der Waals surface area contributed by atoms with Crippen molar-refractivity contribution in [2.75, 3.05) is 19.7 Å². The first kappa shape index (κ1) is 24.0. The van der Waals surface area contributed by atoms with Gasteiger partial charge in [-0.2, -0.15) is 0 Å². The van der Waals surface area contributed by atoms with E-state index in [0.717, 1.165) is 30.2 Å². The Labute approximate surface area is 168 Å². The molecule has 0 aliphatic carbocycles. The third-order valence-electron chi connectivity index (χ3n) is 3.65. The first-order valence-corrected chi connectivity index (χ1v) is 8.45. The summed E-state index contributed by atoms with van der Waals surface area (Å²) in [5, 5.41) is 4.36. The van der Waals surface area contributed by atoms with E-state index in [9.17, 15) is 0 Å². The molecule has 0 saturated heterocycles. The molecule has 0 saturated carbocycles. The summed E-state index contributed by atoms with van der Waals surface area (Å²) in [6, 6.07) is 16.7. The van der Waals surface area contributed by atoms with Crippen molar-refractivity contribution in [1.29, 1.82) is 0 Å². The van der Waals surface area contributed by atoms with Crippen LogP contribution in [0, 0.1) is 0 Å². The monoisotopic (exact) mass is 404 g/mol.